The second-order valence-corrected chi connectivity index (χ2v) is 6.11. The topological polar surface area (TPSA) is 75.4 Å². The molecule has 1 heterocycles. The van der Waals surface area contributed by atoms with E-state index < -0.39 is 16.0 Å². The molecule has 0 bridgehead atoms. The molecule has 3 N–H and O–H groups in total. The predicted molar refractivity (Wildman–Crippen MR) is 74.4 cm³/mol. The first-order chi connectivity index (χ1) is 8.87. The van der Waals surface area contributed by atoms with Crippen LogP contribution in [0.25, 0.3) is 0 Å². The largest absolute Gasteiger partial charge is 0.398 e. The van der Waals surface area contributed by atoms with Crippen LogP contribution in [0, 0.1) is 6.92 Å². The Hall–Kier alpha value is -1.34. The van der Waals surface area contributed by atoms with Crippen molar-refractivity contribution in [1.29, 1.82) is 0 Å². The van der Waals surface area contributed by atoms with Crippen LogP contribution in [0.1, 0.15) is 11.1 Å². The zero-order valence-corrected chi connectivity index (χ0v) is 11.6. The van der Waals surface area contributed by atoms with E-state index in [9.17, 15) is 12.3 Å². The second-order valence-electron chi connectivity index (χ2n) is 4.74. The quantitative estimate of drug-likeness (QED) is 0.635. The van der Waals surface area contributed by atoms with E-state index in [0.29, 0.717) is 16.8 Å². The average Bonchev–Trinajstić information content (AvgIpc) is 2.34. The van der Waals surface area contributed by atoms with Gasteiger partial charge in [0.15, 0.2) is 0 Å². The number of hydrogen-bond donors (Lipinski definition) is 2. The van der Waals surface area contributed by atoms with Crippen LogP contribution in [0.15, 0.2) is 12.1 Å². The lowest BCUT2D eigenvalue weighted by atomic mass is 10.1. The van der Waals surface area contributed by atoms with Crippen LogP contribution < -0.4 is 16.0 Å². The number of rotatable bonds is 3. The molecular formula is C12H18FN3O2S. The molecule has 106 valence electrons. The van der Waals surface area contributed by atoms with E-state index in [4.69, 9.17) is 5.73 Å². The first-order valence-electron chi connectivity index (χ1n) is 6.14. The number of nitrogens with zero attached hydrogens (tertiary/aromatic N) is 1. The van der Waals surface area contributed by atoms with Crippen LogP contribution in [0.2, 0.25) is 0 Å². The second kappa shape index (κ2) is 5.34. The Morgan fingerprint density at radius 2 is 2.00 bits per heavy atom. The third-order valence-electron chi connectivity index (χ3n) is 3.35. The molecule has 0 saturated carbocycles. The molecular weight excluding hydrogens is 269 g/mol. The van der Waals surface area contributed by atoms with E-state index in [1.165, 1.54) is 0 Å². The highest BCUT2D eigenvalue weighted by molar-refractivity contribution is 7.85. The van der Waals surface area contributed by atoms with Gasteiger partial charge in [-0.1, -0.05) is 0 Å². The Kier molecular flexibility index (Phi) is 3.96. The number of hydrogen-bond acceptors (Lipinski definition) is 5. The fourth-order valence-electron chi connectivity index (χ4n) is 2.22. The van der Waals surface area contributed by atoms with Crippen molar-refractivity contribution in [3.8, 4) is 0 Å². The number of piperazine rings is 1. The molecule has 0 amide bonds. The van der Waals surface area contributed by atoms with Crippen molar-refractivity contribution >= 4 is 21.6 Å². The molecule has 0 aliphatic carbocycles. The van der Waals surface area contributed by atoms with Crippen molar-refractivity contribution in [3.05, 3.63) is 23.3 Å². The van der Waals surface area contributed by atoms with Gasteiger partial charge < -0.3 is 16.0 Å². The zero-order chi connectivity index (χ0) is 14.0. The van der Waals surface area contributed by atoms with Crippen LogP contribution in [-0.2, 0) is 16.0 Å². The Morgan fingerprint density at radius 1 is 1.37 bits per heavy atom. The molecule has 0 atom stereocenters. The van der Waals surface area contributed by atoms with Crippen molar-refractivity contribution in [2.24, 2.45) is 0 Å². The lowest BCUT2D eigenvalue weighted by Gasteiger charge is -2.30. The molecule has 1 fully saturated rings. The lowest BCUT2D eigenvalue weighted by molar-refractivity contribution is 0.551. The van der Waals surface area contributed by atoms with Crippen LogP contribution in [-0.4, -0.2) is 34.6 Å². The molecule has 0 radical (unpaired) electrons. The molecule has 1 aromatic rings. The summed E-state index contributed by atoms with van der Waals surface area (Å²) in [5.41, 5.74) is 8.28. The van der Waals surface area contributed by atoms with Gasteiger partial charge >= 0.3 is 10.2 Å². The van der Waals surface area contributed by atoms with Gasteiger partial charge in [-0.3, -0.25) is 0 Å². The SMILES string of the molecule is Cc1c(N)cc(N2CCNCC2)cc1CS(=O)(=O)F. The van der Waals surface area contributed by atoms with Gasteiger partial charge in [0.1, 0.15) is 5.75 Å². The number of anilines is 2. The fraction of sp³-hybridized carbons (Fsp3) is 0.500. The maximum atomic E-state index is 12.9. The van der Waals surface area contributed by atoms with Gasteiger partial charge in [-0.15, -0.1) is 3.89 Å². The molecule has 0 spiro atoms. The van der Waals surface area contributed by atoms with Gasteiger partial charge in [-0.2, -0.15) is 8.42 Å². The first-order valence-corrected chi connectivity index (χ1v) is 7.69. The van der Waals surface area contributed by atoms with Crippen LogP contribution in [0.3, 0.4) is 0 Å². The summed E-state index contributed by atoms with van der Waals surface area (Å²) in [7, 11) is -4.55. The van der Waals surface area contributed by atoms with Crippen molar-refractivity contribution in [2.45, 2.75) is 12.7 Å². The number of halogens is 1. The van der Waals surface area contributed by atoms with Gasteiger partial charge in [0.2, 0.25) is 0 Å². The van der Waals surface area contributed by atoms with Gasteiger partial charge in [0.05, 0.1) is 0 Å². The predicted octanol–water partition coefficient (Wildman–Crippen LogP) is 0.786. The number of nitrogens with two attached hydrogens (primary N) is 1. The Bertz CT molecular complexity index is 569. The Balaban J connectivity index is 2.35. The van der Waals surface area contributed by atoms with E-state index in [-0.39, 0.29) is 0 Å². The summed E-state index contributed by atoms with van der Waals surface area (Å²) < 4.78 is 34.5. The van der Waals surface area contributed by atoms with E-state index in [1.807, 2.05) is 6.07 Å². The van der Waals surface area contributed by atoms with Crippen LogP contribution >= 0.6 is 0 Å². The summed E-state index contributed by atoms with van der Waals surface area (Å²) in [4.78, 5) is 2.11. The van der Waals surface area contributed by atoms with E-state index in [0.717, 1.165) is 31.9 Å². The van der Waals surface area contributed by atoms with Crippen molar-refractivity contribution in [2.75, 3.05) is 36.8 Å². The van der Waals surface area contributed by atoms with Crippen molar-refractivity contribution < 1.29 is 12.3 Å². The number of nitrogen functional groups attached to an aromatic ring is 1. The standard InChI is InChI=1S/C12H18FN3O2S/c1-9-10(8-19(13,17)18)6-11(7-12(9)14)16-4-2-15-3-5-16/h6-7,15H,2-5,8,14H2,1H3. The lowest BCUT2D eigenvalue weighted by Crippen LogP contribution is -2.43. The molecule has 5 nitrogen and oxygen atoms in total. The van der Waals surface area contributed by atoms with Crippen molar-refractivity contribution in [1.82, 2.24) is 5.32 Å². The third-order valence-corrected chi connectivity index (χ3v) is 4.01. The summed E-state index contributed by atoms with van der Waals surface area (Å²) in [6.45, 7) is 5.08. The van der Waals surface area contributed by atoms with Crippen LogP contribution in [0.5, 0.6) is 0 Å². The van der Waals surface area contributed by atoms with Crippen LogP contribution in [0.4, 0.5) is 15.3 Å². The average molecular weight is 287 g/mol. The van der Waals surface area contributed by atoms with Gasteiger partial charge in [0.25, 0.3) is 0 Å². The summed E-state index contributed by atoms with van der Waals surface area (Å²) in [5.74, 6) is -0.622. The summed E-state index contributed by atoms with van der Waals surface area (Å²) in [6.07, 6.45) is 0. The highest BCUT2D eigenvalue weighted by atomic mass is 32.3. The molecule has 1 aliphatic heterocycles. The molecule has 0 aromatic heterocycles. The Labute approximate surface area is 112 Å². The molecule has 1 aromatic carbocycles. The monoisotopic (exact) mass is 287 g/mol. The fourth-order valence-corrected chi connectivity index (χ4v) is 2.89. The minimum Gasteiger partial charge on any atom is -0.398 e. The zero-order valence-electron chi connectivity index (χ0n) is 10.8. The minimum atomic E-state index is -4.55. The first kappa shape index (κ1) is 14.1. The van der Waals surface area contributed by atoms with E-state index in [1.54, 1.807) is 13.0 Å². The summed E-state index contributed by atoms with van der Waals surface area (Å²) in [5, 5.41) is 3.23. The van der Waals surface area contributed by atoms with Gasteiger partial charge in [-0.05, 0) is 30.2 Å². The molecule has 0 unspecified atom stereocenters. The summed E-state index contributed by atoms with van der Waals surface area (Å²) in [6, 6.07) is 3.53. The molecule has 7 heteroatoms. The number of nitrogens with one attached hydrogen (secondary N) is 1. The minimum absolute atomic E-state index is 0.427. The van der Waals surface area contributed by atoms with E-state index in [2.05, 4.69) is 10.2 Å². The highest BCUT2D eigenvalue weighted by Gasteiger charge is 2.17. The highest BCUT2D eigenvalue weighted by Crippen LogP contribution is 2.27. The Morgan fingerprint density at radius 3 is 2.58 bits per heavy atom. The maximum Gasteiger partial charge on any atom is 0.306 e. The molecule has 2 rings (SSSR count). The van der Waals surface area contributed by atoms with E-state index >= 15 is 0 Å². The summed E-state index contributed by atoms with van der Waals surface area (Å²) >= 11 is 0. The van der Waals surface area contributed by atoms with Gasteiger partial charge in [0, 0.05) is 37.6 Å². The third kappa shape index (κ3) is 3.57. The molecule has 1 saturated heterocycles. The molecule has 19 heavy (non-hydrogen) atoms. The van der Waals surface area contributed by atoms with Gasteiger partial charge in [-0.25, -0.2) is 0 Å². The van der Waals surface area contributed by atoms with Crippen molar-refractivity contribution in [3.63, 3.8) is 0 Å². The normalized spacial score (nSPS) is 16.6. The molecule has 1 aliphatic rings. The number of benzene rings is 1. The smallest absolute Gasteiger partial charge is 0.306 e. The maximum absolute atomic E-state index is 12.9.